The summed E-state index contributed by atoms with van der Waals surface area (Å²) < 4.78 is 11.3. The summed E-state index contributed by atoms with van der Waals surface area (Å²) >= 11 is 0. The highest BCUT2D eigenvalue weighted by Crippen LogP contribution is 2.34. The fraction of sp³-hybridized carbons (Fsp3) is 0.143. The number of nitrogens with one attached hydrogen (secondary N) is 2. The molecule has 4 aromatic heterocycles. The van der Waals surface area contributed by atoms with Crippen LogP contribution >= 0.6 is 0 Å². The van der Waals surface area contributed by atoms with E-state index in [2.05, 4.69) is 30.6 Å². The zero-order valence-electron chi connectivity index (χ0n) is 21.7. The van der Waals surface area contributed by atoms with Gasteiger partial charge in [0.15, 0.2) is 11.5 Å². The molecule has 2 atom stereocenters. The van der Waals surface area contributed by atoms with Crippen LogP contribution in [0.25, 0.3) is 0 Å². The third-order valence-electron chi connectivity index (χ3n) is 6.12. The Labute approximate surface area is 236 Å². The summed E-state index contributed by atoms with van der Waals surface area (Å²) in [6.45, 7) is -1.15. The molecular weight excluding hydrogens is 548 g/mol. The van der Waals surface area contributed by atoms with E-state index < -0.39 is 47.7 Å². The van der Waals surface area contributed by atoms with Gasteiger partial charge in [-0.3, -0.25) is 9.59 Å². The maximum atomic E-state index is 12.4. The number of benzene rings is 1. The quantitative estimate of drug-likeness (QED) is 0.141. The van der Waals surface area contributed by atoms with Gasteiger partial charge in [0.25, 0.3) is 0 Å². The molecule has 6 N–H and O–H groups in total. The lowest BCUT2D eigenvalue weighted by Gasteiger charge is -2.22. The largest absolute Gasteiger partial charge is 0.502 e. The summed E-state index contributed by atoms with van der Waals surface area (Å²) in [6, 6.07) is 9.74. The smallest absolute Gasteiger partial charge is 0.227 e. The number of hydrogen-bond donors (Lipinski definition) is 6. The van der Waals surface area contributed by atoms with E-state index in [1.54, 1.807) is 36.4 Å². The van der Waals surface area contributed by atoms with Crippen LogP contribution < -0.4 is 21.5 Å². The molecule has 0 saturated heterocycles. The van der Waals surface area contributed by atoms with E-state index in [4.69, 9.17) is 8.83 Å². The minimum absolute atomic E-state index is 0.0633. The molecule has 2 unspecified atom stereocenters. The van der Waals surface area contributed by atoms with Crippen LogP contribution in [0.1, 0.15) is 46.3 Å². The molecule has 4 heterocycles. The number of aliphatic hydroxyl groups is 2. The van der Waals surface area contributed by atoms with Gasteiger partial charge in [-0.25, -0.2) is 19.9 Å². The minimum atomic E-state index is -0.992. The Morgan fingerprint density at radius 2 is 1.00 bits per heavy atom. The maximum Gasteiger partial charge on any atom is 0.227 e. The van der Waals surface area contributed by atoms with Crippen molar-refractivity contribution in [3.8, 4) is 11.5 Å². The number of aliphatic hydroxyl groups excluding tert-OH is 2. The minimum Gasteiger partial charge on any atom is -0.502 e. The molecular formula is C28H24N6O8. The molecule has 1 aromatic carbocycles. The molecule has 0 bridgehead atoms. The van der Waals surface area contributed by atoms with Crippen molar-refractivity contribution in [2.45, 2.75) is 25.3 Å². The molecule has 0 aliphatic heterocycles. The van der Waals surface area contributed by atoms with E-state index in [1.807, 2.05) is 0 Å². The van der Waals surface area contributed by atoms with Crippen molar-refractivity contribution < 1.29 is 29.3 Å². The Balaban J connectivity index is 1.60. The molecule has 5 rings (SSSR count). The Morgan fingerprint density at radius 1 is 0.643 bits per heavy atom. The predicted octanol–water partition coefficient (Wildman–Crippen LogP) is 1.97. The van der Waals surface area contributed by atoms with Gasteiger partial charge in [0, 0.05) is 36.9 Å². The summed E-state index contributed by atoms with van der Waals surface area (Å²) in [4.78, 5) is 41.4. The molecule has 0 radical (unpaired) electrons. The van der Waals surface area contributed by atoms with Gasteiger partial charge in [0.05, 0.1) is 0 Å². The van der Waals surface area contributed by atoms with Crippen LogP contribution in [0.5, 0.6) is 11.5 Å². The van der Waals surface area contributed by atoms with E-state index in [-0.39, 0.29) is 34.9 Å². The number of rotatable bonds is 10. The Kier molecular flexibility index (Phi) is 8.17. The molecule has 14 heteroatoms. The standard InChI is InChI=1S/C28H24N6O8/c35-13-17-11-19(37)23(39)25(41-17)21(33-27-29-7-1-8-30-27)15-3-5-16(6-4-15)22(34-28-31-9-2-10-32-28)26-24(40)20(38)12-18(14-36)42-26/h1-12,21-22,35-36,39-40H,13-14H2,(H,29,30,33)(H,31,32,34). The van der Waals surface area contributed by atoms with Crippen molar-refractivity contribution >= 4 is 11.9 Å². The number of nitrogens with zero attached hydrogens (tertiary/aromatic N) is 4. The molecule has 5 aromatic rings. The van der Waals surface area contributed by atoms with Gasteiger partial charge < -0.3 is 39.9 Å². The fourth-order valence-corrected chi connectivity index (χ4v) is 4.14. The summed E-state index contributed by atoms with van der Waals surface area (Å²) in [7, 11) is 0. The second kappa shape index (κ2) is 12.3. The van der Waals surface area contributed by atoms with Crippen molar-refractivity contribution in [3.05, 3.63) is 128 Å². The molecule has 0 spiro atoms. The van der Waals surface area contributed by atoms with Gasteiger partial charge in [-0.05, 0) is 23.3 Å². The van der Waals surface area contributed by atoms with Crippen LogP contribution in [-0.4, -0.2) is 40.4 Å². The van der Waals surface area contributed by atoms with Gasteiger partial charge in [-0.1, -0.05) is 24.3 Å². The van der Waals surface area contributed by atoms with Gasteiger partial charge in [-0.2, -0.15) is 0 Å². The van der Waals surface area contributed by atoms with Crippen molar-refractivity contribution in [1.82, 2.24) is 19.9 Å². The monoisotopic (exact) mass is 572 g/mol. The lowest BCUT2D eigenvalue weighted by atomic mass is 9.97. The third kappa shape index (κ3) is 5.94. The van der Waals surface area contributed by atoms with E-state index in [9.17, 15) is 30.0 Å². The fourth-order valence-electron chi connectivity index (χ4n) is 4.14. The average molecular weight is 573 g/mol. The second-order valence-electron chi connectivity index (χ2n) is 8.86. The first-order valence-electron chi connectivity index (χ1n) is 12.5. The Morgan fingerprint density at radius 3 is 1.33 bits per heavy atom. The van der Waals surface area contributed by atoms with Crippen molar-refractivity contribution in [2.24, 2.45) is 0 Å². The summed E-state index contributed by atoms with van der Waals surface area (Å²) in [5.74, 6) is -1.50. The number of aromatic nitrogens is 4. The van der Waals surface area contributed by atoms with Crippen molar-refractivity contribution in [3.63, 3.8) is 0 Å². The molecule has 14 nitrogen and oxygen atoms in total. The van der Waals surface area contributed by atoms with Gasteiger partial charge in [-0.15, -0.1) is 0 Å². The van der Waals surface area contributed by atoms with Crippen LogP contribution in [-0.2, 0) is 13.2 Å². The average Bonchev–Trinajstić information content (AvgIpc) is 3.02. The number of aromatic hydroxyl groups is 2. The molecule has 0 saturated carbocycles. The highest BCUT2D eigenvalue weighted by Gasteiger charge is 2.27. The Bertz CT molecular complexity index is 1650. The van der Waals surface area contributed by atoms with Crippen molar-refractivity contribution in [2.75, 3.05) is 10.6 Å². The third-order valence-corrected chi connectivity index (χ3v) is 6.12. The first-order chi connectivity index (χ1) is 20.4. The second-order valence-corrected chi connectivity index (χ2v) is 8.86. The number of hydrogen-bond acceptors (Lipinski definition) is 14. The SMILES string of the molecule is O=c1cc(CO)oc(C(Nc2ncccn2)c2ccc(C(Nc3ncccn3)c3oc(CO)cc(=O)c3O)cc2)c1O. The van der Waals surface area contributed by atoms with Crippen LogP contribution in [0.3, 0.4) is 0 Å². The topological polar surface area (TPSA) is 217 Å². The number of anilines is 2. The van der Waals surface area contributed by atoms with Crippen LogP contribution in [0.2, 0.25) is 0 Å². The highest BCUT2D eigenvalue weighted by molar-refractivity contribution is 5.46. The van der Waals surface area contributed by atoms with Gasteiger partial charge in [0.1, 0.15) is 36.8 Å². The molecule has 0 aliphatic carbocycles. The molecule has 214 valence electrons. The maximum absolute atomic E-state index is 12.4. The molecule has 0 amide bonds. The van der Waals surface area contributed by atoms with Crippen LogP contribution in [0, 0.1) is 0 Å². The van der Waals surface area contributed by atoms with Crippen LogP contribution in [0.4, 0.5) is 11.9 Å². The summed E-state index contributed by atoms with van der Waals surface area (Å²) in [5.41, 5.74) is -0.549. The summed E-state index contributed by atoms with van der Waals surface area (Å²) in [6.07, 6.45) is 5.99. The Hall–Kier alpha value is -5.60. The zero-order chi connectivity index (χ0) is 29.6. The van der Waals surface area contributed by atoms with Crippen LogP contribution in [0.15, 0.2) is 91.7 Å². The van der Waals surface area contributed by atoms with E-state index in [1.165, 1.54) is 24.8 Å². The van der Waals surface area contributed by atoms with Gasteiger partial charge >= 0.3 is 0 Å². The zero-order valence-corrected chi connectivity index (χ0v) is 21.7. The lowest BCUT2D eigenvalue weighted by Crippen LogP contribution is -2.19. The predicted molar refractivity (Wildman–Crippen MR) is 147 cm³/mol. The van der Waals surface area contributed by atoms with Crippen molar-refractivity contribution in [1.29, 1.82) is 0 Å². The first kappa shape index (κ1) is 27.9. The highest BCUT2D eigenvalue weighted by atomic mass is 16.4. The van der Waals surface area contributed by atoms with Gasteiger partial charge in [0.2, 0.25) is 34.3 Å². The molecule has 0 aliphatic rings. The molecule has 0 fully saturated rings. The van der Waals surface area contributed by atoms with E-state index in [0.29, 0.717) is 11.1 Å². The normalized spacial score (nSPS) is 12.4. The molecule has 42 heavy (non-hydrogen) atoms. The van der Waals surface area contributed by atoms with E-state index in [0.717, 1.165) is 12.1 Å². The first-order valence-corrected chi connectivity index (χ1v) is 12.5. The lowest BCUT2D eigenvalue weighted by molar-refractivity contribution is 0.234. The summed E-state index contributed by atoms with van der Waals surface area (Å²) in [5, 5.41) is 46.4. The van der Waals surface area contributed by atoms with E-state index >= 15 is 0 Å².